The highest BCUT2D eigenvalue weighted by Crippen LogP contribution is 2.23. The number of rotatable bonds is 4. The second kappa shape index (κ2) is 8.87. The van der Waals surface area contributed by atoms with Crippen LogP contribution < -0.4 is 5.32 Å². The van der Waals surface area contributed by atoms with Crippen LogP contribution in [0.25, 0.3) is 0 Å². The lowest BCUT2D eigenvalue weighted by molar-refractivity contribution is -0.123. The standard InChI is InChI=1S/C20H28ClN3O2/c1-15-6-2-5-9-18(15)22-19(25)14-23-10-12-24(13-11-23)20(26)16-7-3-4-8-17(16)21/h3-4,7-8,15,18H,2,5-6,9-14H2,1H3,(H,22,25). The van der Waals surface area contributed by atoms with Crippen LogP contribution in [0.4, 0.5) is 0 Å². The summed E-state index contributed by atoms with van der Waals surface area (Å²) in [7, 11) is 0. The average molecular weight is 378 g/mol. The Labute approximate surface area is 160 Å². The van der Waals surface area contributed by atoms with Crippen molar-refractivity contribution in [3.8, 4) is 0 Å². The first-order valence-corrected chi connectivity index (χ1v) is 9.98. The molecule has 1 saturated heterocycles. The molecule has 1 aromatic rings. The molecular formula is C20H28ClN3O2. The highest BCUT2D eigenvalue weighted by Gasteiger charge is 2.26. The number of hydrogen-bond acceptors (Lipinski definition) is 3. The molecule has 0 radical (unpaired) electrons. The fourth-order valence-electron chi connectivity index (χ4n) is 3.90. The van der Waals surface area contributed by atoms with Crippen LogP contribution in [0.3, 0.4) is 0 Å². The van der Waals surface area contributed by atoms with Crippen LogP contribution in [0, 0.1) is 5.92 Å². The van der Waals surface area contributed by atoms with Crippen molar-refractivity contribution in [1.82, 2.24) is 15.1 Å². The minimum Gasteiger partial charge on any atom is -0.352 e. The van der Waals surface area contributed by atoms with Gasteiger partial charge in [-0.3, -0.25) is 14.5 Å². The maximum absolute atomic E-state index is 12.6. The molecule has 2 amide bonds. The zero-order chi connectivity index (χ0) is 18.5. The molecular weight excluding hydrogens is 350 g/mol. The van der Waals surface area contributed by atoms with Gasteiger partial charge in [0.15, 0.2) is 0 Å². The molecule has 1 heterocycles. The lowest BCUT2D eigenvalue weighted by Gasteiger charge is -2.35. The fraction of sp³-hybridized carbons (Fsp3) is 0.600. The van der Waals surface area contributed by atoms with Crippen LogP contribution in [0.5, 0.6) is 0 Å². The van der Waals surface area contributed by atoms with Gasteiger partial charge in [0.1, 0.15) is 0 Å². The van der Waals surface area contributed by atoms with E-state index in [1.807, 2.05) is 17.0 Å². The Kier molecular flexibility index (Phi) is 6.54. The molecule has 1 aromatic carbocycles. The van der Waals surface area contributed by atoms with Gasteiger partial charge in [0.2, 0.25) is 5.91 Å². The van der Waals surface area contributed by atoms with Crippen LogP contribution in [-0.4, -0.2) is 60.4 Å². The SMILES string of the molecule is CC1CCCCC1NC(=O)CN1CCN(C(=O)c2ccccc2Cl)CC1. The van der Waals surface area contributed by atoms with Crippen LogP contribution in [0.1, 0.15) is 43.0 Å². The van der Waals surface area contributed by atoms with E-state index in [9.17, 15) is 9.59 Å². The van der Waals surface area contributed by atoms with Gasteiger partial charge in [0, 0.05) is 32.2 Å². The van der Waals surface area contributed by atoms with Crippen LogP contribution >= 0.6 is 11.6 Å². The molecule has 1 N–H and O–H groups in total. The van der Waals surface area contributed by atoms with Crippen molar-refractivity contribution in [3.05, 3.63) is 34.9 Å². The van der Waals surface area contributed by atoms with Crippen LogP contribution in [-0.2, 0) is 4.79 Å². The van der Waals surface area contributed by atoms with Crippen molar-refractivity contribution >= 4 is 23.4 Å². The molecule has 2 fully saturated rings. The van der Waals surface area contributed by atoms with Gasteiger partial charge in [-0.15, -0.1) is 0 Å². The Morgan fingerprint density at radius 2 is 1.81 bits per heavy atom. The average Bonchev–Trinajstić information content (AvgIpc) is 2.64. The normalized spacial score (nSPS) is 24.3. The zero-order valence-electron chi connectivity index (χ0n) is 15.4. The van der Waals surface area contributed by atoms with E-state index in [2.05, 4.69) is 17.1 Å². The second-order valence-electron chi connectivity index (χ2n) is 7.48. The molecule has 2 unspecified atom stereocenters. The molecule has 142 valence electrons. The third kappa shape index (κ3) is 4.77. The molecule has 6 heteroatoms. The van der Waals surface area contributed by atoms with Crippen molar-refractivity contribution in [2.24, 2.45) is 5.92 Å². The second-order valence-corrected chi connectivity index (χ2v) is 7.89. The maximum Gasteiger partial charge on any atom is 0.255 e. The minimum absolute atomic E-state index is 0.0317. The maximum atomic E-state index is 12.6. The lowest BCUT2D eigenvalue weighted by atomic mass is 9.86. The zero-order valence-corrected chi connectivity index (χ0v) is 16.2. The smallest absolute Gasteiger partial charge is 0.255 e. The third-order valence-electron chi connectivity index (χ3n) is 5.59. The first kappa shape index (κ1) is 19.2. The van der Waals surface area contributed by atoms with Gasteiger partial charge in [0.25, 0.3) is 5.91 Å². The number of hydrogen-bond donors (Lipinski definition) is 1. The van der Waals surface area contributed by atoms with E-state index in [-0.39, 0.29) is 11.8 Å². The molecule has 2 atom stereocenters. The van der Waals surface area contributed by atoms with Crippen molar-refractivity contribution in [1.29, 1.82) is 0 Å². The molecule has 0 aromatic heterocycles. The topological polar surface area (TPSA) is 52.7 Å². The van der Waals surface area contributed by atoms with Gasteiger partial charge < -0.3 is 10.2 Å². The van der Waals surface area contributed by atoms with Crippen molar-refractivity contribution < 1.29 is 9.59 Å². The molecule has 1 saturated carbocycles. The number of amides is 2. The highest BCUT2D eigenvalue weighted by atomic mass is 35.5. The Morgan fingerprint density at radius 3 is 2.50 bits per heavy atom. The fourth-order valence-corrected chi connectivity index (χ4v) is 4.12. The summed E-state index contributed by atoms with van der Waals surface area (Å²) in [6.07, 6.45) is 4.77. The summed E-state index contributed by atoms with van der Waals surface area (Å²) in [4.78, 5) is 28.9. The summed E-state index contributed by atoms with van der Waals surface area (Å²) < 4.78 is 0. The quantitative estimate of drug-likeness (QED) is 0.877. The van der Waals surface area contributed by atoms with Crippen molar-refractivity contribution in [3.63, 3.8) is 0 Å². The highest BCUT2D eigenvalue weighted by molar-refractivity contribution is 6.33. The van der Waals surface area contributed by atoms with Gasteiger partial charge in [-0.1, -0.05) is 43.5 Å². The predicted molar refractivity (Wildman–Crippen MR) is 103 cm³/mol. The molecule has 26 heavy (non-hydrogen) atoms. The van der Waals surface area contributed by atoms with Gasteiger partial charge in [-0.05, 0) is 30.9 Å². The number of halogens is 1. The molecule has 3 rings (SSSR count). The molecule has 2 aliphatic rings. The van der Waals surface area contributed by atoms with Crippen LogP contribution in [0.15, 0.2) is 24.3 Å². The van der Waals surface area contributed by atoms with Gasteiger partial charge in [-0.25, -0.2) is 0 Å². The molecule has 0 bridgehead atoms. The van der Waals surface area contributed by atoms with E-state index in [0.29, 0.717) is 55.3 Å². The van der Waals surface area contributed by atoms with Crippen LogP contribution in [0.2, 0.25) is 5.02 Å². The monoisotopic (exact) mass is 377 g/mol. The van der Waals surface area contributed by atoms with Gasteiger partial charge in [0.05, 0.1) is 17.1 Å². The van der Waals surface area contributed by atoms with E-state index in [1.54, 1.807) is 12.1 Å². The minimum atomic E-state index is -0.0317. The Hall–Kier alpha value is -1.59. The van der Waals surface area contributed by atoms with Crippen molar-refractivity contribution in [2.75, 3.05) is 32.7 Å². The summed E-state index contributed by atoms with van der Waals surface area (Å²) in [6, 6.07) is 7.46. The number of carbonyl (C=O) groups is 2. The first-order chi connectivity index (χ1) is 12.5. The Balaban J connectivity index is 1.45. The largest absolute Gasteiger partial charge is 0.352 e. The van der Waals surface area contributed by atoms with Gasteiger partial charge >= 0.3 is 0 Å². The summed E-state index contributed by atoms with van der Waals surface area (Å²) in [5, 5.41) is 3.69. The van der Waals surface area contributed by atoms with E-state index in [0.717, 1.165) is 6.42 Å². The summed E-state index contributed by atoms with van der Waals surface area (Å²) in [6.45, 7) is 5.31. The number of nitrogens with one attached hydrogen (secondary N) is 1. The van der Waals surface area contributed by atoms with E-state index >= 15 is 0 Å². The summed E-state index contributed by atoms with van der Waals surface area (Å²) in [5.41, 5.74) is 0.548. The number of nitrogens with zero attached hydrogens (tertiary/aromatic N) is 2. The molecule has 5 nitrogen and oxygen atoms in total. The summed E-state index contributed by atoms with van der Waals surface area (Å²) >= 11 is 6.13. The number of carbonyl (C=O) groups excluding carboxylic acids is 2. The van der Waals surface area contributed by atoms with Gasteiger partial charge in [-0.2, -0.15) is 0 Å². The Bertz CT molecular complexity index is 644. The summed E-state index contributed by atoms with van der Waals surface area (Å²) in [5.74, 6) is 0.642. The number of piperazine rings is 1. The third-order valence-corrected chi connectivity index (χ3v) is 5.92. The van der Waals surface area contributed by atoms with Crippen molar-refractivity contribution in [2.45, 2.75) is 38.6 Å². The molecule has 0 spiro atoms. The molecule has 1 aliphatic heterocycles. The Morgan fingerprint density at radius 1 is 1.12 bits per heavy atom. The predicted octanol–water partition coefficient (Wildman–Crippen LogP) is 2.79. The van der Waals surface area contributed by atoms with E-state index < -0.39 is 0 Å². The first-order valence-electron chi connectivity index (χ1n) is 9.60. The van der Waals surface area contributed by atoms with E-state index in [1.165, 1.54) is 19.3 Å². The lowest BCUT2D eigenvalue weighted by Crippen LogP contribution is -2.52. The van der Waals surface area contributed by atoms with E-state index in [4.69, 9.17) is 11.6 Å². The molecule has 1 aliphatic carbocycles. The number of benzene rings is 1.